The van der Waals surface area contributed by atoms with Crippen molar-refractivity contribution in [3.63, 3.8) is 0 Å². The zero-order chi connectivity index (χ0) is 21.1. The number of nitrogens with one attached hydrogen (secondary N) is 1. The van der Waals surface area contributed by atoms with Crippen LogP contribution in [0, 0.1) is 33.6 Å². The maximum Gasteiger partial charge on any atom is 0.311 e. The molecule has 2 aromatic rings. The summed E-state index contributed by atoms with van der Waals surface area (Å²) < 4.78 is 5.18. The van der Waals surface area contributed by atoms with E-state index in [0.717, 1.165) is 27.9 Å². The quantitative estimate of drug-likeness (QED) is 0.788. The van der Waals surface area contributed by atoms with Crippen molar-refractivity contribution in [1.29, 1.82) is 0 Å². The minimum Gasteiger partial charge on any atom is -0.455 e. The molecule has 1 N–H and O–H groups in total. The van der Waals surface area contributed by atoms with Crippen molar-refractivity contribution in [1.82, 2.24) is 0 Å². The fourth-order valence-corrected chi connectivity index (χ4v) is 3.52. The van der Waals surface area contributed by atoms with Gasteiger partial charge in [0.25, 0.3) is 5.91 Å². The number of carbonyl (C=O) groups excluding carboxylic acids is 3. The van der Waals surface area contributed by atoms with Gasteiger partial charge in [-0.15, -0.1) is 0 Å². The van der Waals surface area contributed by atoms with Gasteiger partial charge in [0.1, 0.15) is 0 Å². The van der Waals surface area contributed by atoms with Gasteiger partial charge in [-0.25, -0.2) is 0 Å². The SMILES string of the molecule is Cc1ccc(NC(=O)COC(=O)[C@H]2CC(=O)N(c3cccc(C)c3C)C2)c(C)c1. The lowest BCUT2D eigenvalue weighted by molar-refractivity contribution is -0.151. The number of hydrogen-bond donors (Lipinski definition) is 1. The van der Waals surface area contributed by atoms with Gasteiger partial charge >= 0.3 is 5.97 Å². The van der Waals surface area contributed by atoms with E-state index < -0.39 is 17.8 Å². The van der Waals surface area contributed by atoms with Crippen molar-refractivity contribution in [3.05, 3.63) is 58.7 Å². The van der Waals surface area contributed by atoms with Crippen LogP contribution < -0.4 is 10.2 Å². The van der Waals surface area contributed by atoms with Crippen LogP contribution in [0.5, 0.6) is 0 Å². The summed E-state index contributed by atoms with van der Waals surface area (Å²) in [6, 6.07) is 11.5. The highest BCUT2D eigenvalue weighted by molar-refractivity contribution is 6.00. The number of anilines is 2. The van der Waals surface area contributed by atoms with E-state index in [2.05, 4.69) is 5.32 Å². The third-order valence-corrected chi connectivity index (χ3v) is 5.33. The number of nitrogens with zero attached hydrogens (tertiary/aromatic N) is 1. The third-order valence-electron chi connectivity index (χ3n) is 5.33. The largest absolute Gasteiger partial charge is 0.455 e. The van der Waals surface area contributed by atoms with Crippen LogP contribution in [0.15, 0.2) is 36.4 Å². The van der Waals surface area contributed by atoms with Crippen molar-refractivity contribution in [3.8, 4) is 0 Å². The second-order valence-corrected chi connectivity index (χ2v) is 7.60. The molecule has 1 aliphatic heterocycles. The van der Waals surface area contributed by atoms with Gasteiger partial charge in [-0.3, -0.25) is 14.4 Å². The minimum atomic E-state index is -0.573. The van der Waals surface area contributed by atoms with Gasteiger partial charge < -0.3 is 15.0 Å². The second-order valence-electron chi connectivity index (χ2n) is 7.60. The van der Waals surface area contributed by atoms with Crippen LogP contribution in [0.1, 0.15) is 28.7 Å². The van der Waals surface area contributed by atoms with Crippen LogP contribution in [0.3, 0.4) is 0 Å². The summed E-state index contributed by atoms with van der Waals surface area (Å²) in [5, 5.41) is 2.75. The fourth-order valence-electron chi connectivity index (χ4n) is 3.52. The standard InChI is InChI=1S/C23H26N2O4/c1-14-8-9-19(16(3)10-14)24-21(26)13-29-23(28)18-11-22(27)25(12-18)20-7-5-6-15(2)17(20)4/h5-10,18H,11-13H2,1-4H3,(H,24,26)/t18-/m0/s1. The van der Waals surface area contributed by atoms with E-state index in [0.29, 0.717) is 5.69 Å². The predicted molar refractivity (Wildman–Crippen MR) is 112 cm³/mol. The number of esters is 1. The lowest BCUT2D eigenvalue weighted by atomic mass is 10.1. The van der Waals surface area contributed by atoms with Crippen LogP contribution in [-0.2, 0) is 19.1 Å². The summed E-state index contributed by atoms with van der Waals surface area (Å²) in [6.45, 7) is 7.72. The Balaban J connectivity index is 1.56. The highest BCUT2D eigenvalue weighted by atomic mass is 16.5. The highest BCUT2D eigenvalue weighted by Crippen LogP contribution is 2.29. The Morgan fingerprint density at radius 3 is 2.59 bits per heavy atom. The Labute approximate surface area is 170 Å². The molecule has 1 aliphatic rings. The molecule has 0 aromatic heterocycles. The van der Waals surface area contributed by atoms with Crippen molar-refractivity contribution < 1.29 is 19.1 Å². The summed E-state index contributed by atoms with van der Waals surface area (Å²) in [5.74, 6) is -1.61. The van der Waals surface area contributed by atoms with E-state index in [-0.39, 0.29) is 25.5 Å². The first-order valence-corrected chi connectivity index (χ1v) is 9.66. The molecule has 1 fully saturated rings. The second kappa shape index (κ2) is 8.47. The van der Waals surface area contributed by atoms with E-state index >= 15 is 0 Å². The zero-order valence-corrected chi connectivity index (χ0v) is 17.2. The van der Waals surface area contributed by atoms with E-state index in [1.807, 2.05) is 64.1 Å². The molecule has 1 saturated heterocycles. The molecule has 2 amide bonds. The van der Waals surface area contributed by atoms with Crippen molar-refractivity contribution >= 4 is 29.2 Å². The van der Waals surface area contributed by atoms with Gasteiger partial charge in [-0.1, -0.05) is 29.8 Å². The number of benzene rings is 2. The Morgan fingerprint density at radius 1 is 1.10 bits per heavy atom. The summed E-state index contributed by atoms with van der Waals surface area (Å²) in [5.41, 5.74) is 5.65. The number of carbonyl (C=O) groups is 3. The topological polar surface area (TPSA) is 75.7 Å². The molecule has 6 heteroatoms. The molecule has 0 aliphatic carbocycles. The molecule has 0 saturated carbocycles. The van der Waals surface area contributed by atoms with Gasteiger partial charge in [-0.05, 0) is 56.5 Å². The Hall–Kier alpha value is -3.15. The van der Waals surface area contributed by atoms with E-state index in [4.69, 9.17) is 4.74 Å². The zero-order valence-electron chi connectivity index (χ0n) is 17.2. The number of hydrogen-bond acceptors (Lipinski definition) is 4. The maximum absolute atomic E-state index is 12.4. The monoisotopic (exact) mass is 394 g/mol. The van der Waals surface area contributed by atoms with Crippen LogP contribution in [0.25, 0.3) is 0 Å². The number of ether oxygens (including phenoxy) is 1. The molecule has 6 nitrogen and oxygen atoms in total. The van der Waals surface area contributed by atoms with Crippen LogP contribution >= 0.6 is 0 Å². The molecule has 152 valence electrons. The van der Waals surface area contributed by atoms with Gasteiger partial charge in [-0.2, -0.15) is 0 Å². The number of aryl methyl sites for hydroxylation is 3. The average Bonchev–Trinajstić information content (AvgIpc) is 3.06. The third kappa shape index (κ3) is 4.65. The number of amides is 2. The van der Waals surface area contributed by atoms with Crippen LogP contribution in [-0.4, -0.2) is 30.9 Å². The van der Waals surface area contributed by atoms with E-state index in [1.165, 1.54) is 0 Å². The van der Waals surface area contributed by atoms with E-state index in [1.54, 1.807) is 4.90 Å². The molecule has 0 unspecified atom stereocenters. The molecule has 0 spiro atoms. The fraction of sp³-hybridized carbons (Fsp3) is 0.348. The normalized spacial score (nSPS) is 16.1. The van der Waals surface area contributed by atoms with Gasteiger partial charge in [0.2, 0.25) is 5.91 Å². The smallest absolute Gasteiger partial charge is 0.311 e. The first kappa shape index (κ1) is 20.6. The molecule has 0 radical (unpaired) electrons. The van der Waals surface area contributed by atoms with Gasteiger partial charge in [0.15, 0.2) is 6.61 Å². The lowest BCUT2D eigenvalue weighted by Gasteiger charge is -2.20. The summed E-state index contributed by atoms with van der Waals surface area (Å²) in [6.07, 6.45) is 0.0882. The van der Waals surface area contributed by atoms with Crippen molar-refractivity contribution in [2.24, 2.45) is 5.92 Å². The average molecular weight is 394 g/mol. The predicted octanol–water partition coefficient (Wildman–Crippen LogP) is 3.46. The molecular formula is C23H26N2O4. The van der Waals surface area contributed by atoms with Crippen LogP contribution in [0.4, 0.5) is 11.4 Å². The van der Waals surface area contributed by atoms with Gasteiger partial charge in [0.05, 0.1) is 5.92 Å². The summed E-state index contributed by atoms with van der Waals surface area (Å²) in [4.78, 5) is 38.6. The van der Waals surface area contributed by atoms with Crippen molar-refractivity contribution in [2.75, 3.05) is 23.4 Å². The maximum atomic E-state index is 12.4. The summed E-state index contributed by atoms with van der Waals surface area (Å²) >= 11 is 0. The minimum absolute atomic E-state index is 0.0882. The molecule has 0 bridgehead atoms. The van der Waals surface area contributed by atoms with Crippen LogP contribution in [0.2, 0.25) is 0 Å². The Morgan fingerprint density at radius 2 is 1.86 bits per heavy atom. The molecule has 29 heavy (non-hydrogen) atoms. The lowest BCUT2D eigenvalue weighted by Crippen LogP contribution is -2.28. The Bertz CT molecular complexity index is 967. The molecular weight excluding hydrogens is 368 g/mol. The number of rotatable bonds is 5. The van der Waals surface area contributed by atoms with E-state index in [9.17, 15) is 14.4 Å². The van der Waals surface area contributed by atoms with Gasteiger partial charge in [0, 0.05) is 24.3 Å². The molecule has 2 aromatic carbocycles. The molecule has 1 atom stereocenters. The Kier molecular flexibility index (Phi) is 6.01. The first-order valence-electron chi connectivity index (χ1n) is 9.66. The summed E-state index contributed by atoms with van der Waals surface area (Å²) in [7, 11) is 0. The molecule has 3 rings (SSSR count). The first-order chi connectivity index (χ1) is 13.8. The highest BCUT2D eigenvalue weighted by Gasteiger charge is 2.37. The van der Waals surface area contributed by atoms with Crippen molar-refractivity contribution in [2.45, 2.75) is 34.1 Å². The molecule has 1 heterocycles.